The molecule has 9 heavy (non-hydrogen) atoms. The molecule has 1 aliphatic heterocycles. The number of allylic oxidation sites excluding steroid dienone is 6. The van der Waals surface area contributed by atoms with Crippen LogP contribution >= 0.6 is 0 Å². The number of rotatable bonds is 0. The average Bonchev–Trinajstić information content (AvgIpc) is 2.22. The molecule has 1 heterocycles. The fourth-order valence-electron chi connectivity index (χ4n) is 1.10. The molecule has 2 rings (SSSR count). The summed E-state index contributed by atoms with van der Waals surface area (Å²) in [4.78, 5) is 0. The van der Waals surface area contributed by atoms with Crippen LogP contribution in [0.4, 0.5) is 0 Å². The van der Waals surface area contributed by atoms with Gasteiger partial charge in [-0.1, -0.05) is 0 Å². The van der Waals surface area contributed by atoms with Gasteiger partial charge >= 0.3 is 64.9 Å². The van der Waals surface area contributed by atoms with Gasteiger partial charge in [-0.15, -0.1) is 0 Å². The SMILES string of the molecule is C[C]1=CC2=CC=C[C]2=[Sb]1. The van der Waals surface area contributed by atoms with E-state index >= 15 is 0 Å². The van der Waals surface area contributed by atoms with Crippen LogP contribution in [0.5, 0.6) is 0 Å². The Labute approximate surface area is 65.0 Å². The standard InChI is InChI=1S/C8H7.Sb/c1-2-5-8-6-3-4-7-8;/h3-6H,1H3;. The van der Waals surface area contributed by atoms with E-state index in [2.05, 4.69) is 31.2 Å². The Kier molecular flexibility index (Phi) is 1.23. The van der Waals surface area contributed by atoms with Crippen molar-refractivity contribution in [2.75, 3.05) is 0 Å². The van der Waals surface area contributed by atoms with Crippen molar-refractivity contribution in [1.82, 2.24) is 0 Å². The molecular formula is C8H7Sb. The van der Waals surface area contributed by atoms with Gasteiger partial charge < -0.3 is 0 Å². The van der Waals surface area contributed by atoms with E-state index in [1.165, 1.54) is 5.57 Å². The van der Waals surface area contributed by atoms with E-state index in [-0.39, 0.29) is 21.1 Å². The topological polar surface area (TPSA) is 0 Å². The zero-order valence-electron chi connectivity index (χ0n) is 5.26. The maximum absolute atomic E-state index is 2.33. The second kappa shape index (κ2) is 1.95. The molecule has 0 radical (unpaired) electrons. The quantitative estimate of drug-likeness (QED) is 0.544. The number of hydrogen-bond donors (Lipinski definition) is 0. The summed E-state index contributed by atoms with van der Waals surface area (Å²) < 4.78 is 3.28. The molecule has 0 aromatic rings. The first-order valence-corrected chi connectivity index (χ1v) is 5.57. The Morgan fingerprint density at radius 2 is 2.33 bits per heavy atom. The van der Waals surface area contributed by atoms with Crippen LogP contribution in [0.2, 0.25) is 0 Å². The third-order valence-corrected chi connectivity index (χ3v) is 4.71. The maximum atomic E-state index is 2.33. The Morgan fingerprint density at radius 1 is 1.44 bits per heavy atom. The van der Waals surface area contributed by atoms with Gasteiger partial charge in [-0.3, -0.25) is 0 Å². The van der Waals surface area contributed by atoms with Crippen molar-refractivity contribution in [3.8, 4) is 0 Å². The summed E-state index contributed by atoms with van der Waals surface area (Å²) in [6, 6.07) is 0. The molecule has 1 aliphatic carbocycles. The van der Waals surface area contributed by atoms with Crippen molar-refractivity contribution >= 4 is 24.6 Å². The van der Waals surface area contributed by atoms with E-state index in [9.17, 15) is 0 Å². The van der Waals surface area contributed by atoms with Crippen molar-refractivity contribution in [1.29, 1.82) is 0 Å². The van der Waals surface area contributed by atoms with Crippen LogP contribution < -0.4 is 0 Å². The van der Waals surface area contributed by atoms with Crippen LogP contribution in [0.25, 0.3) is 0 Å². The normalized spacial score (nSPS) is 21.2. The van der Waals surface area contributed by atoms with E-state index in [4.69, 9.17) is 0 Å². The van der Waals surface area contributed by atoms with Gasteiger partial charge in [-0.2, -0.15) is 0 Å². The number of hydrogen-bond acceptors (Lipinski definition) is 0. The van der Waals surface area contributed by atoms with Crippen LogP contribution in [0.15, 0.2) is 33.4 Å². The second-order valence-corrected chi connectivity index (χ2v) is 6.29. The van der Waals surface area contributed by atoms with Gasteiger partial charge in [0.2, 0.25) is 0 Å². The molecule has 0 saturated carbocycles. The fourth-order valence-corrected chi connectivity index (χ4v) is 3.99. The van der Waals surface area contributed by atoms with Crippen molar-refractivity contribution < 1.29 is 0 Å². The predicted octanol–water partition coefficient (Wildman–Crippen LogP) is 1.28. The predicted molar refractivity (Wildman–Crippen MR) is 41.7 cm³/mol. The molecule has 0 saturated heterocycles. The summed E-state index contributed by atoms with van der Waals surface area (Å²) in [6.07, 6.45) is 8.96. The minimum atomic E-state index is -0.0727. The van der Waals surface area contributed by atoms with Gasteiger partial charge in [0, 0.05) is 0 Å². The average molecular weight is 225 g/mol. The molecule has 2 aliphatic rings. The van der Waals surface area contributed by atoms with Crippen molar-refractivity contribution in [3.63, 3.8) is 0 Å². The molecule has 0 atom stereocenters. The van der Waals surface area contributed by atoms with E-state index in [0.29, 0.717) is 0 Å². The molecule has 0 unspecified atom stereocenters. The van der Waals surface area contributed by atoms with E-state index in [1.807, 2.05) is 0 Å². The summed E-state index contributed by atoms with van der Waals surface area (Å²) in [5.41, 5.74) is 1.49. The zero-order chi connectivity index (χ0) is 6.27. The first-order valence-electron chi connectivity index (χ1n) is 3.02. The van der Waals surface area contributed by atoms with Gasteiger partial charge in [0.05, 0.1) is 0 Å². The molecule has 44 valence electrons. The second-order valence-electron chi connectivity index (χ2n) is 2.26. The molecule has 0 aromatic carbocycles. The molecule has 1 heteroatoms. The summed E-state index contributed by atoms with van der Waals surface area (Å²) in [5, 5.41) is 0. The first kappa shape index (κ1) is 5.67. The summed E-state index contributed by atoms with van der Waals surface area (Å²) in [6.45, 7) is 2.25. The molecule has 0 fully saturated rings. The molecule has 0 bridgehead atoms. The summed E-state index contributed by atoms with van der Waals surface area (Å²) in [7, 11) is 0. The third-order valence-electron chi connectivity index (χ3n) is 1.49. The Balaban J connectivity index is 2.53. The van der Waals surface area contributed by atoms with Crippen LogP contribution in [-0.4, -0.2) is 24.6 Å². The Morgan fingerprint density at radius 3 is 3.11 bits per heavy atom. The van der Waals surface area contributed by atoms with Gasteiger partial charge in [0.15, 0.2) is 0 Å². The van der Waals surface area contributed by atoms with Crippen LogP contribution in [-0.2, 0) is 0 Å². The van der Waals surface area contributed by atoms with Crippen molar-refractivity contribution in [3.05, 3.63) is 33.4 Å². The van der Waals surface area contributed by atoms with E-state index < -0.39 is 0 Å². The Bertz CT molecular complexity index is 264. The van der Waals surface area contributed by atoms with Gasteiger partial charge in [-0.05, 0) is 0 Å². The van der Waals surface area contributed by atoms with Gasteiger partial charge in [-0.25, -0.2) is 0 Å². The third kappa shape index (κ3) is 0.861. The first-order chi connectivity index (χ1) is 4.36. The molecular weight excluding hydrogens is 218 g/mol. The van der Waals surface area contributed by atoms with Crippen molar-refractivity contribution in [2.24, 2.45) is 0 Å². The number of fused-ring (bicyclic) bond motifs is 1. The molecule has 0 amide bonds. The summed E-state index contributed by atoms with van der Waals surface area (Å²) >= 11 is -0.0727. The van der Waals surface area contributed by atoms with Crippen LogP contribution in [0, 0.1) is 0 Å². The minimum absolute atomic E-state index is 0.0727. The van der Waals surface area contributed by atoms with Gasteiger partial charge in [0.1, 0.15) is 0 Å². The van der Waals surface area contributed by atoms with Crippen LogP contribution in [0.1, 0.15) is 6.92 Å². The summed E-state index contributed by atoms with van der Waals surface area (Å²) in [5.74, 6) is 0. The Hall–Kier alpha value is -0.0918. The monoisotopic (exact) mass is 224 g/mol. The van der Waals surface area contributed by atoms with Gasteiger partial charge in [0.25, 0.3) is 0 Å². The van der Waals surface area contributed by atoms with Crippen molar-refractivity contribution in [2.45, 2.75) is 6.92 Å². The van der Waals surface area contributed by atoms with E-state index in [1.54, 1.807) is 6.97 Å². The molecule has 0 nitrogen and oxygen atoms in total. The molecule has 0 N–H and O–H groups in total. The fraction of sp³-hybridized carbons (Fsp3) is 0.125. The molecule has 0 aromatic heterocycles. The zero-order valence-corrected chi connectivity index (χ0v) is 7.81. The van der Waals surface area contributed by atoms with E-state index in [0.717, 1.165) is 0 Å². The molecule has 0 spiro atoms. The van der Waals surface area contributed by atoms with Crippen LogP contribution in [0.3, 0.4) is 0 Å².